The third-order valence-corrected chi connectivity index (χ3v) is 4.70. The zero-order valence-electron chi connectivity index (χ0n) is 13.8. The van der Waals surface area contributed by atoms with Crippen molar-refractivity contribution in [2.24, 2.45) is 0 Å². The molecule has 0 aliphatic heterocycles. The van der Waals surface area contributed by atoms with E-state index in [4.69, 9.17) is 0 Å². The number of halogens is 3. The lowest BCUT2D eigenvalue weighted by atomic mass is 10.1. The first-order valence-electron chi connectivity index (χ1n) is 7.44. The SMILES string of the molecule is CCN(CC)C(=O)CCN(c1ccccc1C(F)(F)F)S(C)(=O)=O. The summed E-state index contributed by atoms with van der Waals surface area (Å²) < 4.78 is 64.0. The minimum atomic E-state index is -4.69. The lowest BCUT2D eigenvalue weighted by Gasteiger charge is -2.26. The third kappa shape index (κ3) is 5.12. The van der Waals surface area contributed by atoms with Crippen LogP contribution in [0.4, 0.5) is 18.9 Å². The fraction of sp³-hybridized carbons (Fsp3) is 0.533. The topological polar surface area (TPSA) is 57.7 Å². The Balaban J connectivity index is 3.16. The van der Waals surface area contributed by atoms with Crippen LogP contribution in [-0.2, 0) is 21.0 Å². The monoisotopic (exact) mass is 366 g/mol. The summed E-state index contributed by atoms with van der Waals surface area (Å²) in [4.78, 5) is 13.5. The highest BCUT2D eigenvalue weighted by Gasteiger charge is 2.36. The van der Waals surface area contributed by atoms with Gasteiger partial charge in [0, 0.05) is 26.1 Å². The van der Waals surface area contributed by atoms with E-state index in [9.17, 15) is 26.4 Å². The predicted molar refractivity (Wildman–Crippen MR) is 86.2 cm³/mol. The molecule has 0 bridgehead atoms. The van der Waals surface area contributed by atoms with Gasteiger partial charge in [-0.3, -0.25) is 9.10 Å². The molecular weight excluding hydrogens is 345 g/mol. The molecule has 1 aromatic carbocycles. The number of rotatable bonds is 7. The van der Waals surface area contributed by atoms with Crippen molar-refractivity contribution >= 4 is 21.6 Å². The van der Waals surface area contributed by atoms with Crippen LogP contribution in [0.25, 0.3) is 0 Å². The minimum absolute atomic E-state index is 0.194. The van der Waals surface area contributed by atoms with Gasteiger partial charge in [-0.15, -0.1) is 0 Å². The van der Waals surface area contributed by atoms with Crippen molar-refractivity contribution in [1.29, 1.82) is 0 Å². The summed E-state index contributed by atoms with van der Waals surface area (Å²) in [6, 6.07) is 4.42. The Morgan fingerprint density at radius 2 is 1.67 bits per heavy atom. The van der Waals surface area contributed by atoms with Crippen LogP contribution < -0.4 is 4.31 Å². The number of alkyl halides is 3. The zero-order valence-corrected chi connectivity index (χ0v) is 14.6. The molecule has 0 unspecified atom stereocenters. The second-order valence-electron chi connectivity index (χ2n) is 5.17. The van der Waals surface area contributed by atoms with Crippen molar-refractivity contribution in [3.63, 3.8) is 0 Å². The number of sulfonamides is 1. The van der Waals surface area contributed by atoms with Gasteiger partial charge in [-0.05, 0) is 26.0 Å². The van der Waals surface area contributed by atoms with Crippen LogP contribution >= 0.6 is 0 Å². The van der Waals surface area contributed by atoms with Crippen LogP contribution in [0, 0.1) is 0 Å². The zero-order chi connectivity index (χ0) is 18.5. The molecule has 24 heavy (non-hydrogen) atoms. The summed E-state index contributed by atoms with van der Waals surface area (Å²) in [6.45, 7) is 4.10. The molecule has 0 aromatic heterocycles. The Bertz CT molecular complexity index is 671. The summed E-state index contributed by atoms with van der Waals surface area (Å²) >= 11 is 0. The van der Waals surface area contributed by atoms with E-state index in [1.807, 2.05) is 0 Å². The van der Waals surface area contributed by atoms with Crippen LogP contribution in [0.15, 0.2) is 24.3 Å². The first-order chi connectivity index (χ1) is 11.0. The molecule has 1 amide bonds. The second-order valence-corrected chi connectivity index (χ2v) is 7.07. The van der Waals surface area contributed by atoms with Gasteiger partial charge in [-0.1, -0.05) is 12.1 Å². The Hall–Kier alpha value is -1.77. The van der Waals surface area contributed by atoms with Gasteiger partial charge >= 0.3 is 6.18 Å². The summed E-state index contributed by atoms with van der Waals surface area (Å²) in [6.07, 6.45) is -4.06. The Morgan fingerprint density at radius 3 is 2.12 bits per heavy atom. The molecular formula is C15H21F3N2O3S. The standard InChI is InChI=1S/C15H21F3N2O3S/c1-4-19(5-2)14(21)10-11-20(24(3,22)23)13-9-7-6-8-12(13)15(16,17)18/h6-9H,4-5,10-11H2,1-3H3. The molecule has 0 saturated heterocycles. The molecule has 0 radical (unpaired) electrons. The highest BCUT2D eigenvalue weighted by Crippen LogP contribution is 2.37. The first-order valence-corrected chi connectivity index (χ1v) is 9.28. The molecule has 0 fully saturated rings. The van der Waals surface area contributed by atoms with Gasteiger partial charge < -0.3 is 4.90 Å². The highest BCUT2D eigenvalue weighted by atomic mass is 32.2. The van der Waals surface area contributed by atoms with Crippen molar-refractivity contribution in [3.8, 4) is 0 Å². The molecule has 136 valence electrons. The Kier molecular flexibility index (Phi) is 6.65. The van der Waals surface area contributed by atoms with E-state index in [1.54, 1.807) is 13.8 Å². The average molecular weight is 366 g/mol. The molecule has 0 N–H and O–H groups in total. The predicted octanol–water partition coefficient (Wildman–Crippen LogP) is 2.73. The van der Waals surface area contributed by atoms with E-state index >= 15 is 0 Å². The first kappa shape index (κ1) is 20.3. The maximum absolute atomic E-state index is 13.1. The van der Waals surface area contributed by atoms with Gasteiger partial charge in [-0.2, -0.15) is 13.2 Å². The van der Waals surface area contributed by atoms with Crippen LogP contribution in [-0.4, -0.2) is 45.1 Å². The van der Waals surface area contributed by atoms with Gasteiger partial charge in [0.05, 0.1) is 17.5 Å². The van der Waals surface area contributed by atoms with E-state index in [1.165, 1.54) is 17.0 Å². The third-order valence-electron chi connectivity index (χ3n) is 3.52. The van der Waals surface area contributed by atoms with E-state index in [0.29, 0.717) is 17.4 Å². The summed E-state index contributed by atoms with van der Waals surface area (Å²) in [5, 5.41) is 0. The fourth-order valence-corrected chi connectivity index (χ4v) is 3.27. The summed E-state index contributed by atoms with van der Waals surface area (Å²) in [5.41, 5.74) is -1.52. The number of para-hydroxylation sites is 1. The molecule has 0 saturated carbocycles. The molecule has 1 rings (SSSR count). The van der Waals surface area contributed by atoms with E-state index < -0.39 is 27.5 Å². The van der Waals surface area contributed by atoms with E-state index in [0.717, 1.165) is 18.4 Å². The number of nitrogens with zero attached hydrogens (tertiary/aromatic N) is 2. The van der Waals surface area contributed by atoms with Gasteiger partial charge in [-0.25, -0.2) is 8.42 Å². The molecule has 1 aromatic rings. The van der Waals surface area contributed by atoms with Gasteiger partial charge in [0.25, 0.3) is 0 Å². The lowest BCUT2D eigenvalue weighted by molar-refractivity contribution is -0.137. The van der Waals surface area contributed by atoms with E-state index in [-0.39, 0.29) is 18.9 Å². The van der Waals surface area contributed by atoms with Crippen molar-refractivity contribution in [3.05, 3.63) is 29.8 Å². The van der Waals surface area contributed by atoms with Crippen molar-refractivity contribution < 1.29 is 26.4 Å². The Morgan fingerprint density at radius 1 is 1.12 bits per heavy atom. The average Bonchev–Trinajstić information content (AvgIpc) is 2.46. The molecule has 0 atom stereocenters. The Labute approximate surface area is 140 Å². The fourth-order valence-electron chi connectivity index (χ4n) is 2.33. The lowest BCUT2D eigenvalue weighted by Crippen LogP contribution is -2.37. The second kappa shape index (κ2) is 7.87. The van der Waals surface area contributed by atoms with Crippen LogP contribution in [0.2, 0.25) is 0 Å². The van der Waals surface area contributed by atoms with Crippen molar-refractivity contribution in [2.75, 3.05) is 30.2 Å². The summed E-state index contributed by atoms with van der Waals surface area (Å²) in [7, 11) is -3.97. The highest BCUT2D eigenvalue weighted by molar-refractivity contribution is 7.92. The smallest absolute Gasteiger partial charge is 0.343 e. The van der Waals surface area contributed by atoms with Crippen molar-refractivity contribution in [2.45, 2.75) is 26.4 Å². The number of hydrogen-bond acceptors (Lipinski definition) is 3. The maximum Gasteiger partial charge on any atom is 0.418 e. The minimum Gasteiger partial charge on any atom is -0.343 e. The molecule has 0 spiro atoms. The number of carbonyl (C=O) groups excluding carboxylic acids is 1. The van der Waals surface area contributed by atoms with Gasteiger partial charge in [0.15, 0.2) is 0 Å². The number of anilines is 1. The van der Waals surface area contributed by atoms with Crippen molar-refractivity contribution in [1.82, 2.24) is 4.90 Å². The number of hydrogen-bond donors (Lipinski definition) is 0. The normalized spacial score (nSPS) is 12.1. The van der Waals surface area contributed by atoms with E-state index in [2.05, 4.69) is 0 Å². The number of carbonyl (C=O) groups is 1. The maximum atomic E-state index is 13.1. The number of amides is 1. The molecule has 0 heterocycles. The number of benzene rings is 1. The van der Waals surface area contributed by atoms with Gasteiger partial charge in [0.1, 0.15) is 0 Å². The molecule has 9 heteroatoms. The molecule has 0 aliphatic rings. The molecule has 0 aliphatic carbocycles. The van der Waals surface area contributed by atoms with Crippen LogP contribution in [0.3, 0.4) is 0 Å². The largest absolute Gasteiger partial charge is 0.418 e. The van der Waals surface area contributed by atoms with Crippen LogP contribution in [0.1, 0.15) is 25.8 Å². The molecule has 5 nitrogen and oxygen atoms in total. The van der Waals surface area contributed by atoms with Gasteiger partial charge in [0.2, 0.25) is 15.9 Å². The quantitative estimate of drug-likeness (QED) is 0.746. The summed E-state index contributed by atoms with van der Waals surface area (Å²) in [5.74, 6) is -0.307. The van der Waals surface area contributed by atoms with Crippen LogP contribution in [0.5, 0.6) is 0 Å².